The number of nitrogen functional groups attached to an aromatic ring is 1. The number of anilines is 1. The second-order valence-electron chi connectivity index (χ2n) is 11.5. The first-order valence-electron chi connectivity index (χ1n) is 15.4. The fourth-order valence-corrected chi connectivity index (χ4v) is 5.76. The van der Waals surface area contributed by atoms with Crippen LogP contribution in [0.3, 0.4) is 0 Å². The van der Waals surface area contributed by atoms with Crippen LogP contribution in [0.1, 0.15) is 27.0 Å². The lowest BCUT2D eigenvalue weighted by Gasteiger charge is -2.34. The van der Waals surface area contributed by atoms with Crippen LogP contribution >= 0.6 is 0 Å². The van der Waals surface area contributed by atoms with Gasteiger partial charge in [0, 0.05) is 89.2 Å². The van der Waals surface area contributed by atoms with Crippen LogP contribution < -0.4 is 22.1 Å². The van der Waals surface area contributed by atoms with Crippen LogP contribution in [0.2, 0.25) is 0 Å². The van der Waals surface area contributed by atoms with Crippen molar-refractivity contribution in [3.8, 4) is 11.1 Å². The molecule has 7 N–H and O–H groups in total. The molecule has 0 saturated carbocycles. The number of carbonyl (C=O) groups excluding carboxylic acids is 1. The molecule has 1 amide bonds. The summed E-state index contributed by atoms with van der Waals surface area (Å²) in [4.78, 5) is 26.1. The smallest absolute Gasteiger partial charge is 0.255 e. The molecule has 2 fully saturated rings. The molecule has 1 aromatic heterocycles. The molecule has 0 bridgehead atoms. The van der Waals surface area contributed by atoms with Gasteiger partial charge in [-0.3, -0.25) is 19.6 Å². The number of amides is 1. The summed E-state index contributed by atoms with van der Waals surface area (Å²) in [6.45, 7) is 7.66. The predicted octanol–water partition coefficient (Wildman–Crippen LogP) is 1.73. The van der Waals surface area contributed by atoms with Crippen LogP contribution in [0.5, 0.6) is 0 Å². The molecular weight excluding hydrogens is 568 g/mol. The van der Waals surface area contributed by atoms with Gasteiger partial charge in [-0.05, 0) is 28.3 Å². The number of nitrogens with two attached hydrogens (primary N) is 2. The predicted molar refractivity (Wildman–Crippen MR) is 179 cm³/mol. The number of aliphatic hydroxyl groups excluding tert-OH is 1. The summed E-state index contributed by atoms with van der Waals surface area (Å²) in [5.41, 5.74) is 18.1. The number of nitrogens with zero attached hydrogens (tertiary/aromatic N) is 4. The number of hydrogen-bond donors (Lipinski definition) is 5. The number of rotatable bonds is 12. The van der Waals surface area contributed by atoms with E-state index in [1.54, 1.807) is 25.5 Å². The lowest BCUT2D eigenvalue weighted by atomic mass is 10.0. The summed E-state index contributed by atoms with van der Waals surface area (Å²) >= 11 is 0. The van der Waals surface area contributed by atoms with E-state index in [1.807, 2.05) is 0 Å². The van der Waals surface area contributed by atoms with E-state index < -0.39 is 0 Å². The van der Waals surface area contributed by atoms with E-state index in [9.17, 15) is 4.79 Å². The number of pyridine rings is 1. The highest BCUT2D eigenvalue weighted by Gasteiger charge is 2.30. The average Bonchev–Trinajstić information content (AvgIpc) is 3.51. The molecule has 45 heavy (non-hydrogen) atoms. The highest BCUT2D eigenvalue weighted by Crippen LogP contribution is 2.22. The number of aliphatic hydroxyl groups is 1. The largest absolute Gasteiger partial charge is 0.404 e. The minimum atomic E-state index is -0.315. The molecule has 2 aromatic carbocycles. The summed E-state index contributed by atoms with van der Waals surface area (Å²) in [5, 5.41) is 15.5. The van der Waals surface area contributed by atoms with Crippen molar-refractivity contribution in [2.24, 2.45) is 10.7 Å². The number of allylic oxidation sites excluding steroid dienone is 1. The Balaban J connectivity index is 1.12. The first kappa shape index (κ1) is 32.3. The highest BCUT2D eigenvalue weighted by atomic mass is 16.5. The molecule has 0 radical (unpaired) electrons. The van der Waals surface area contributed by atoms with Gasteiger partial charge in [0.25, 0.3) is 5.91 Å². The van der Waals surface area contributed by atoms with E-state index >= 15 is 0 Å². The van der Waals surface area contributed by atoms with Crippen molar-refractivity contribution in [2.45, 2.75) is 25.3 Å². The zero-order chi connectivity index (χ0) is 31.6. The summed E-state index contributed by atoms with van der Waals surface area (Å²) in [6.07, 6.45) is 4.40. The minimum absolute atomic E-state index is 0.146. The highest BCUT2D eigenvalue weighted by molar-refractivity contribution is 6.10. The minimum Gasteiger partial charge on any atom is -0.404 e. The van der Waals surface area contributed by atoms with Gasteiger partial charge in [0.2, 0.25) is 0 Å². The van der Waals surface area contributed by atoms with Gasteiger partial charge < -0.3 is 31.9 Å². The Morgan fingerprint density at radius 3 is 2.38 bits per heavy atom. The number of β-amino-alcohol motifs (C(OH)–C–C–N with tert-alkyl or cyclic N) is 1. The lowest BCUT2D eigenvalue weighted by molar-refractivity contribution is 0.0358. The van der Waals surface area contributed by atoms with E-state index in [0.29, 0.717) is 30.8 Å². The van der Waals surface area contributed by atoms with Crippen molar-refractivity contribution in [2.75, 3.05) is 65.2 Å². The second kappa shape index (κ2) is 15.7. The number of benzene rings is 2. The maximum absolute atomic E-state index is 13.2. The van der Waals surface area contributed by atoms with Crippen LogP contribution in [0.15, 0.2) is 72.0 Å². The molecular formula is C34H44N8O3. The Hall–Kier alpha value is -4.13. The van der Waals surface area contributed by atoms with E-state index in [2.05, 4.69) is 78.9 Å². The van der Waals surface area contributed by atoms with Crippen LogP contribution in [0.4, 0.5) is 5.82 Å². The first-order chi connectivity index (χ1) is 22.0. The molecule has 2 atom stereocenters. The maximum Gasteiger partial charge on any atom is 0.255 e. The van der Waals surface area contributed by atoms with Gasteiger partial charge in [-0.25, -0.2) is 4.98 Å². The van der Waals surface area contributed by atoms with Crippen molar-refractivity contribution in [3.63, 3.8) is 0 Å². The van der Waals surface area contributed by atoms with Crippen molar-refractivity contribution < 1.29 is 14.6 Å². The van der Waals surface area contributed by atoms with E-state index in [1.165, 1.54) is 17.3 Å². The summed E-state index contributed by atoms with van der Waals surface area (Å²) in [7, 11) is 1.65. The number of piperazine rings is 1. The Morgan fingerprint density at radius 2 is 1.73 bits per heavy atom. The first-order valence-corrected chi connectivity index (χ1v) is 15.4. The van der Waals surface area contributed by atoms with E-state index in [-0.39, 0.29) is 36.0 Å². The Kier molecular flexibility index (Phi) is 11.3. The van der Waals surface area contributed by atoms with Crippen molar-refractivity contribution in [3.05, 3.63) is 89.2 Å². The Labute approximate surface area is 265 Å². The third kappa shape index (κ3) is 8.53. The summed E-state index contributed by atoms with van der Waals surface area (Å²) < 4.78 is 6.25. The standard InChI is InChI=1S/C34H44N8O3/c1-37-18-29(17-35)28-16-30(33(36)39-19-28)34(44)40-31-20-38-21-32(31)45-23-25-4-8-27(9-5-25)26-6-2-24(3-7-26)22-42-12-10-41(11-13-42)14-15-43/h2-9,16-19,31-32,38,43H,10-15,20-23,35H2,1H3,(H2,36,39)(H,40,44)/t31-,32-/m0/s1. The van der Waals surface area contributed by atoms with Gasteiger partial charge in [-0.1, -0.05) is 48.5 Å². The normalized spacial score (nSPS) is 19.7. The van der Waals surface area contributed by atoms with Gasteiger partial charge in [0.05, 0.1) is 30.9 Å². The van der Waals surface area contributed by atoms with Crippen LogP contribution in [-0.4, -0.2) is 104 Å². The monoisotopic (exact) mass is 612 g/mol. The fourth-order valence-electron chi connectivity index (χ4n) is 5.76. The van der Waals surface area contributed by atoms with E-state index in [4.69, 9.17) is 21.3 Å². The van der Waals surface area contributed by atoms with Gasteiger partial charge in [-0.15, -0.1) is 0 Å². The number of ether oxygens (including phenoxy) is 1. The van der Waals surface area contributed by atoms with Gasteiger partial charge in [0.1, 0.15) is 5.82 Å². The third-order valence-corrected chi connectivity index (χ3v) is 8.41. The number of aromatic nitrogens is 1. The van der Waals surface area contributed by atoms with Gasteiger partial charge >= 0.3 is 0 Å². The fraction of sp³-hybridized carbons (Fsp3) is 0.382. The lowest BCUT2D eigenvalue weighted by Crippen LogP contribution is -2.46. The van der Waals surface area contributed by atoms with Gasteiger partial charge in [-0.2, -0.15) is 0 Å². The van der Waals surface area contributed by atoms with Crippen LogP contribution in [0, 0.1) is 0 Å². The molecule has 0 unspecified atom stereocenters. The molecule has 0 aliphatic carbocycles. The number of aliphatic imine (C=N–C) groups is 1. The topological polar surface area (TPSA) is 154 Å². The molecule has 5 rings (SSSR count). The van der Waals surface area contributed by atoms with Crippen molar-refractivity contribution in [1.82, 2.24) is 25.4 Å². The molecule has 11 nitrogen and oxygen atoms in total. The maximum atomic E-state index is 13.2. The van der Waals surface area contributed by atoms with Crippen LogP contribution in [0.25, 0.3) is 16.7 Å². The average molecular weight is 613 g/mol. The summed E-state index contributed by atoms with van der Waals surface area (Å²) in [5.74, 6) is -0.169. The summed E-state index contributed by atoms with van der Waals surface area (Å²) in [6, 6.07) is 18.7. The van der Waals surface area contributed by atoms with Gasteiger partial charge in [0.15, 0.2) is 0 Å². The SMILES string of the molecule is CN=CC(=CN)c1cnc(N)c(C(=O)N[C@H]2CNC[C@@H]2OCc2ccc(-c3ccc(CN4CCN(CCO)CC4)cc3)cc2)c1. The number of hydrogen-bond acceptors (Lipinski definition) is 10. The number of carbonyl (C=O) groups is 1. The number of nitrogens with one attached hydrogen (secondary N) is 2. The van der Waals surface area contributed by atoms with E-state index in [0.717, 1.165) is 50.4 Å². The quantitative estimate of drug-likeness (QED) is 0.192. The second-order valence-corrected chi connectivity index (χ2v) is 11.5. The zero-order valence-electron chi connectivity index (χ0n) is 25.9. The van der Waals surface area contributed by atoms with Crippen molar-refractivity contribution >= 4 is 23.5 Å². The Bertz CT molecular complexity index is 1470. The molecule has 2 saturated heterocycles. The molecule has 3 heterocycles. The molecule has 0 spiro atoms. The molecule has 238 valence electrons. The van der Waals surface area contributed by atoms with Crippen LogP contribution in [-0.2, 0) is 17.9 Å². The third-order valence-electron chi connectivity index (χ3n) is 8.41. The molecule has 3 aromatic rings. The van der Waals surface area contributed by atoms with Crippen molar-refractivity contribution in [1.29, 1.82) is 0 Å². The Morgan fingerprint density at radius 1 is 1.07 bits per heavy atom. The molecule has 11 heteroatoms. The molecule has 2 aliphatic heterocycles. The molecule has 2 aliphatic rings. The zero-order valence-corrected chi connectivity index (χ0v) is 25.9.